The van der Waals surface area contributed by atoms with Gasteiger partial charge in [0.2, 0.25) is 5.91 Å². The average Bonchev–Trinajstić information content (AvgIpc) is 2.58. The zero-order valence-electron chi connectivity index (χ0n) is 13.1. The smallest absolute Gasteiger partial charge is 0.311 e. The lowest BCUT2D eigenvalue weighted by molar-refractivity contribution is -0.385. The van der Waals surface area contributed by atoms with Gasteiger partial charge in [-0.15, -0.1) is 0 Å². The first-order valence-corrected chi connectivity index (χ1v) is 7.40. The number of hydrogen-bond acceptors (Lipinski definition) is 6. The van der Waals surface area contributed by atoms with E-state index in [1.165, 1.54) is 25.5 Å². The normalized spacial score (nSPS) is 10.6. The Morgan fingerprint density at radius 3 is 2.84 bits per heavy atom. The van der Waals surface area contributed by atoms with E-state index in [9.17, 15) is 20.0 Å². The van der Waals surface area contributed by atoms with Crippen LogP contribution in [0, 0.1) is 10.1 Å². The molecule has 0 heterocycles. The number of nitrogens with one attached hydrogen (secondary N) is 1. The summed E-state index contributed by atoms with van der Waals surface area (Å²) >= 11 is 6.03. The minimum atomic E-state index is -0.712. The molecule has 0 fully saturated rings. The zero-order chi connectivity index (χ0) is 18.4. The van der Waals surface area contributed by atoms with Crippen molar-refractivity contribution in [2.45, 2.75) is 6.42 Å². The van der Waals surface area contributed by atoms with Gasteiger partial charge in [0.1, 0.15) is 5.75 Å². The molecule has 2 rings (SSSR count). The number of aromatic hydroxyl groups is 1. The van der Waals surface area contributed by atoms with Crippen molar-refractivity contribution in [3.63, 3.8) is 0 Å². The molecule has 2 aromatic rings. The molecule has 0 aromatic heterocycles. The number of hydrogen-bond donors (Lipinski definition) is 2. The molecule has 0 spiro atoms. The fraction of sp³-hybridized carbons (Fsp3) is 0.125. The molecular formula is C16H14ClN3O5. The Kier molecular flexibility index (Phi) is 5.91. The maximum Gasteiger partial charge on any atom is 0.311 e. The number of ether oxygens (including phenoxy) is 1. The lowest BCUT2D eigenvalue weighted by atomic mass is 10.1. The molecule has 8 nitrogen and oxygen atoms in total. The fourth-order valence-corrected chi connectivity index (χ4v) is 2.16. The summed E-state index contributed by atoms with van der Waals surface area (Å²) in [6.45, 7) is 0. The number of hydrazone groups is 1. The highest BCUT2D eigenvalue weighted by Gasteiger charge is 2.13. The van der Waals surface area contributed by atoms with Gasteiger partial charge in [0.25, 0.3) is 0 Å². The lowest BCUT2D eigenvalue weighted by Gasteiger charge is -2.06. The van der Waals surface area contributed by atoms with Crippen molar-refractivity contribution in [1.82, 2.24) is 5.43 Å². The maximum atomic E-state index is 11.9. The number of amides is 1. The molecule has 0 unspecified atom stereocenters. The molecule has 25 heavy (non-hydrogen) atoms. The number of phenolic OH excluding ortho intramolecular Hbond substituents is 1. The number of phenols is 1. The van der Waals surface area contributed by atoms with Crippen LogP contribution < -0.4 is 10.2 Å². The topological polar surface area (TPSA) is 114 Å². The minimum Gasteiger partial charge on any atom is -0.502 e. The number of halogens is 1. The molecule has 130 valence electrons. The predicted molar refractivity (Wildman–Crippen MR) is 92.2 cm³/mol. The van der Waals surface area contributed by atoms with E-state index in [-0.39, 0.29) is 6.42 Å². The first-order chi connectivity index (χ1) is 11.9. The van der Waals surface area contributed by atoms with Gasteiger partial charge in [-0.05, 0) is 35.9 Å². The average molecular weight is 364 g/mol. The van der Waals surface area contributed by atoms with Gasteiger partial charge in [0.05, 0.1) is 24.7 Å². The van der Waals surface area contributed by atoms with Gasteiger partial charge in [-0.25, -0.2) is 5.43 Å². The SMILES string of the molecule is COc1ccc(Cl)c(CC(=O)N/N=C/c2ccc(O)c([N+](=O)[O-])c2)c1. The zero-order valence-corrected chi connectivity index (χ0v) is 13.9. The molecule has 1 amide bonds. The van der Waals surface area contributed by atoms with E-state index in [1.54, 1.807) is 18.2 Å². The molecule has 0 aliphatic carbocycles. The molecule has 0 saturated heterocycles. The van der Waals surface area contributed by atoms with Crippen LogP contribution in [0.25, 0.3) is 0 Å². The molecule has 2 aromatic carbocycles. The van der Waals surface area contributed by atoms with Crippen LogP contribution >= 0.6 is 11.6 Å². The van der Waals surface area contributed by atoms with Crippen molar-refractivity contribution in [2.24, 2.45) is 5.10 Å². The van der Waals surface area contributed by atoms with Crippen LogP contribution in [0.15, 0.2) is 41.5 Å². The van der Waals surface area contributed by atoms with Crippen LogP contribution in [0.1, 0.15) is 11.1 Å². The van der Waals surface area contributed by atoms with Crippen LogP contribution in [0.4, 0.5) is 5.69 Å². The first kappa shape index (κ1) is 18.2. The Morgan fingerprint density at radius 1 is 1.40 bits per heavy atom. The van der Waals surface area contributed by atoms with Crippen LogP contribution in [-0.2, 0) is 11.2 Å². The molecular weight excluding hydrogens is 350 g/mol. The molecule has 2 N–H and O–H groups in total. The van der Waals surface area contributed by atoms with Gasteiger partial charge in [-0.3, -0.25) is 14.9 Å². The molecule has 0 saturated carbocycles. The van der Waals surface area contributed by atoms with Crippen molar-refractivity contribution in [3.8, 4) is 11.5 Å². The van der Waals surface area contributed by atoms with E-state index in [4.69, 9.17) is 16.3 Å². The third-order valence-electron chi connectivity index (χ3n) is 3.20. The fourth-order valence-electron chi connectivity index (χ4n) is 1.97. The third kappa shape index (κ3) is 4.92. The van der Waals surface area contributed by atoms with E-state index in [1.807, 2.05) is 0 Å². The molecule has 0 radical (unpaired) electrons. The number of nitrogens with zero attached hydrogens (tertiary/aromatic N) is 2. The standard InChI is InChI=1S/C16H14ClN3O5/c1-25-12-3-4-13(17)11(7-12)8-16(22)19-18-9-10-2-5-15(21)14(6-10)20(23)24/h2-7,9,21H,8H2,1H3,(H,19,22)/b18-9+. The van der Waals surface area contributed by atoms with E-state index < -0.39 is 22.3 Å². The Morgan fingerprint density at radius 2 is 2.16 bits per heavy atom. The van der Waals surface area contributed by atoms with Gasteiger partial charge >= 0.3 is 5.69 Å². The van der Waals surface area contributed by atoms with Crippen LogP contribution in [0.5, 0.6) is 11.5 Å². The van der Waals surface area contributed by atoms with Crippen molar-refractivity contribution >= 4 is 29.4 Å². The Labute approximate surface area is 147 Å². The number of carbonyl (C=O) groups excluding carboxylic acids is 1. The monoisotopic (exact) mass is 363 g/mol. The molecule has 0 bridgehead atoms. The van der Waals surface area contributed by atoms with Gasteiger partial charge in [-0.1, -0.05) is 11.6 Å². The summed E-state index contributed by atoms with van der Waals surface area (Å²) in [5.74, 6) is -0.286. The maximum absolute atomic E-state index is 11.9. The van der Waals surface area contributed by atoms with Gasteiger partial charge in [-0.2, -0.15) is 5.10 Å². The predicted octanol–water partition coefficient (Wildman–Crippen LogP) is 2.66. The number of nitro benzene ring substituents is 1. The van der Waals surface area contributed by atoms with Crippen molar-refractivity contribution < 1.29 is 19.6 Å². The van der Waals surface area contributed by atoms with E-state index >= 15 is 0 Å². The summed E-state index contributed by atoms with van der Waals surface area (Å²) in [6, 6.07) is 8.70. The van der Waals surface area contributed by atoms with E-state index in [2.05, 4.69) is 10.5 Å². The summed E-state index contributed by atoms with van der Waals surface area (Å²) in [5, 5.41) is 24.3. The molecule has 0 atom stereocenters. The summed E-state index contributed by atoms with van der Waals surface area (Å²) in [4.78, 5) is 22.0. The number of benzene rings is 2. The van der Waals surface area contributed by atoms with Crippen LogP contribution in [0.2, 0.25) is 5.02 Å². The van der Waals surface area contributed by atoms with Crippen molar-refractivity contribution in [1.29, 1.82) is 0 Å². The van der Waals surface area contributed by atoms with Gasteiger partial charge < -0.3 is 9.84 Å². The number of carbonyl (C=O) groups is 1. The highest BCUT2D eigenvalue weighted by Crippen LogP contribution is 2.25. The minimum absolute atomic E-state index is 0.0108. The Balaban J connectivity index is 2.01. The second kappa shape index (κ2) is 8.11. The summed E-state index contributed by atoms with van der Waals surface area (Å²) < 4.78 is 5.08. The van der Waals surface area contributed by atoms with E-state index in [0.717, 1.165) is 6.07 Å². The first-order valence-electron chi connectivity index (χ1n) is 7.02. The lowest BCUT2D eigenvalue weighted by Crippen LogP contribution is -2.20. The van der Waals surface area contributed by atoms with Crippen LogP contribution in [0.3, 0.4) is 0 Å². The van der Waals surface area contributed by atoms with E-state index in [0.29, 0.717) is 21.9 Å². The summed E-state index contributed by atoms with van der Waals surface area (Å²) in [5.41, 5.74) is 2.79. The van der Waals surface area contributed by atoms with Crippen molar-refractivity contribution in [3.05, 3.63) is 62.7 Å². The van der Waals surface area contributed by atoms with Crippen LogP contribution in [-0.4, -0.2) is 29.3 Å². The number of methoxy groups -OCH3 is 1. The molecule has 9 heteroatoms. The van der Waals surface area contributed by atoms with Gasteiger partial charge in [0.15, 0.2) is 5.75 Å². The second-order valence-corrected chi connectivity index (χ2v) is 5.34. The number of nitro groups is 1. The third-order valence-corrected chi connectivity index (χ3v) is 3.57. The molecule has 0 aliphatic heterocycles. The highest BCUT2D eigenvalue weighted by molar-refractivity contribution is 6.31. The largest absolute Gasteiger partial charge is 0.502 e. The summed E-state index contributed by atoms with van der Waals surface area (Å²) in [6.07, 6.45) is 1.22. The Hall–Kier alpha value is -3.13. The quantitative estimate of drug-likeness (QED) is 0.465. The highest BCUT2D eigenvalue weighted by atomic mass is 35.5. The van der Waals surface area contributed by atoms with Crippen molar-refractivity contribution in [2.75, 3.05) is 7.11 Å². The Bertz CT molecular complexity index is 839. The number of rotatable bonds is 6. The summed E-state index contributed by atoms with van der Waals surface area (Å²) in [7, 11) is 1.51. The second-order valence-electron chi connectivity index (χ2n) is 4.93. The molecule has 0 aliphatic rings. The van der Waals surface area contributed by atoms with Gasteiger partial charge in [0, 0.05) is 16.7 Å².